The number of nitrogens with one attached hydrogen (secondary N) is 1. The first-order valence-corrected chi connectivity index (χ1v) is 7.90. The van der Waals surface area contributed by atoms with E-state index in [0.717, 1.165) is 4.68 Å². The number of hydrogen-bond acceptors (Lipinski definition) is 6. The monoisotopic (exact) mass is 398 g/mol. The highest BCUT2D eigenvalue weighted by Gasteiger charge is 2.35. The van der Waals surface area contributed by atoms with E-state index in [2.05, 4.69) is 20.6 Å². The van der Waals surface area contributed by atoms with Crippen molar-refractivity contribution in [1.82, 2.24) is 25.2 Å². The summed E-state index contributed by atoms with van der Waals surface area (Å²) in [5.41, 5.74) is 4.43. The minimum Gasteiger partial charge on any atom is -0.338 e. The summed E-state index contributed by atoms with van der Waals surface area (Å²) in [5, 5.41) is 9.40. The SMILES string of the molecule is Cn1nc(C(F)(F)F)cc1C(=O)NC(CN)c1nc(-c2cccc(F)c2)no1. The summed E-state index contributed by atoms with van der Waals surface area (Å²) in [6, 6.07) is 5.11. The lowest BCUT2D eigenvalue weighted by Gasteiger charge is -2.12. The Kier molecular flexibility index (Phi) is 5.14. The predicted molar refractivity (Wildman–Crippen MR) is 87.2 cm³/mol. The normalized spacial score (nSPS) is 12.8. The Balaban J connectivity index is 1.80. The van der Waals surface area contributed by atoms with Crippen molar-refractivity contribution in [2.24, 2.45) is 12.8 Å². The standard InChI is InChI=1S/C16H14F4N6O2/c1-26-11(6-12(24-26)16(18,19)20)14(27)22-10(7-21)15-23-13(25-28-15)8-3-2-4-9(17)5-8/h2-6,10H,7,21H2,1H3,(H,22,27). The van der Waals surface area contributed by atoms with Gasteiger partial charge in [-0.25, -0.2) is 4.39 Å². The van der Waals surface area contributed by atoms with E-state index >= 15 is 0 Å². The second-order valence-corrected chi connectivity index (χ2v) is 5.76. The van der Waals surface area contributed by atoms with E-state index in [9.17, 15) is 22.4 Å². The molecule has 0 bridgehead atoms. The molecule has 1 atom stereocenters. The van der Waals surface area contributed by atoms with Gasteiger partial charge in [-0.05, 0) is 12.1 Å². The molecule has 8 nitrogen and oxygen atoms in total. The fourth-order valence-corrected chi connectivity index (χ4v) is 2.39. The van der Waals surface area contributed by atoms with Crippen LogP contribution in [0.15, 0.2) is 34.9 Å². The van der Waals surface area contributed by atoms with Crippen LogP contribution in [0.3, 0.4) is 0 Å². The van der Waals surface area contributed by atoms with Crippen LogP contribution in [0.5, 0.6) is 0 Å². The Labute approximate surface area is 155 Å². The number of benzene rings is 1. The summed E-state index contributed by atoms with van der Waals surface area (Å²) in [5.74, 6) is -1.36. The molecule has 12 heteroatoms. The van der Waals surface area contributed by atoms with Gasteiger partial charge in [-0.2, -0.15) is 23.3 Å². The van der Waals surface area contributed by atoms with Crippen molar-refractivity contribution < 1.29 is 26.9 Å². The predicted octanol–water partition coefficient (Wildman–Crippen LogP) is 2.06. The molecule has 3 N–H and O–H groups in total. The lowest BCUT2D eigenvalue weighted by Crippen LogP contribution is -2.34. The van der Waals surface area contributed by atoms with Gasteiger partial charge in [0.05, 0.1) is 0 Å². The van der Waals surface area contributed by atoms with Crippen LogP contribution in [0.4, 0.5) is 17.6 Å². The zero-order valence-corrected chi connectivity index (χ0v) is 14.4. The molecule has 28 heavy (non-hydrogen) atoms. The molecule has 0 radical (unpaired) electrons. The maximum absolute atomic E-state index is 13.3. The van der Waals surface area contributed by atoms with Gasteiger partial charge in [0.2, 0.25) is 5.82 Å². The molecule has 1 aromatic carbocycles. The van der Waals surface area contributed by atoms with E-state index in [4.69, 9.17) is 10.3 Å². The number of rotatable bonds is 5. The Morgan fingerprint density at radius 2 is 2.11 bits per heavy atom. The van der Waals surface area contributed by atoms with Crippen LogP contribution in [0.1, 0.15) is 28.1 Å². The average molecular weight is 398 g/mol. The fraction of sp³-hybridized carbons (Fsp3) is 0.250. The molecule has 2 heterocycles. The smallest absolute Gasteiger partial charge is 0.338 e. The fourth-order valence-electron chi connectivity index (χ4n) is 2.39. The first kappa shape index (κ1) is 19.5. The van der Waals surface area contributed by atoms with Crippen LogP contribution in [-0.2, 0) is 13.2 Å². The van der Waals surface area contributed by atoms with E-state index in [1.165, 1.54) is 25.2 Å². The number of halogens is 4. The Bertz CT molecular complexity index is 997. The van der Waals surface area contributed by atoms with Gasteiger partial charge in [-0.15, -0.1) is 0 Å². The van der Waals surface area contributed by atoms with E-state index in [-0.39, 0.29) is 24.0 Å². The van der Waals surface area contributed by atoms with E-state index < -0.39 is 29.6 Å². The van der Waals surface area contributed by atoms with Crippen molar-refractivity contribution in [3.8, 4) is 11.4 Å². The molecule has 3 aromatic rings. The largest absolute Gasteiger partial charge is 0.435 e. The van der Waals surface area contributed by atoms with Crippen LogP contribution in [0.2, 0.25) is 0 Å². The third-order valence-corrected chi connectivity index (χ3v) is 3.77. The maximum atomic E-state index is 13.3. The molecule has 0 fully saturated rings. The summed E-state index contributed by atoms with van der Waals surface area (Å²) in [6.45, 7) is -0.166. The molecule has 1 amide bonds. The number of hydrogen-bond donors (Lipinski definition) is 2. The Morgan fingerprint density at radius 3 is 2.71 bits per heavy atom. The van der Waals surface area contributed by atoms with Crippen molar-refractivity contribution in [2.75, 3.05) is 6.54 Å². The summed E-state index contributed by atoms with van der Waals surface area (Å²) in [6.07, 6.45) is -4.68. The quantitative estimate of drug-likeness (QED) is 0.637. The highest BCUT2D eigenvalue weighted by molar-refractivity contribution is 5.92. The van der Waals surface area contributed by atoms with E-state index in [0.29, 0.717) is 11.6 Å². The van der Waals surface area contributed by atoms with Crippen molar-refractivity contribution in [1.29, 1.82) is 0 Å². The molecule has 3 rings (SSSR count). The summed E-state index contributed by atoms with van der Waals surface area (Å²) in [7, 11) is 1.20. The highest BCUT2D eigenvalue weighted by Crippen LogP contribution is 2.28. The number of nitrogens with two attached hydrogens (primary N) is 1. The van der Waals surface area contributed by atoms with Gasteiger partial charge in [0.1, 0.15) is 17.6 Å². The van der Waals surface area contributed by atoms with Crippen LogP contribution < -0.4 is 11.1 Å². The molecule has 0 saturated carbocycles. The molecule has 0 saturated heterocycles. The molecular weight excluding hydrogens is 384 g/mol. The van der Waals surface area contributed by atoms with Gasteiger partial charge in [0, 0.05) is 25.2 Å². The third-order valence-electron chi connectivity index (χ3n) is 3.77. The average Bonchev–Trinajstić information content (AvgIpc) is 3.26. The van der Waals surface area contributed by atoms with Crippen LogP contribution in [0, 0.1) is 5.82 Å². The number of alkyl halides is 3. The van der Waals surface area contributed by atoms with Crippen LogP contribution in [0.25, 0.3) is 11.4 Å². The van der Waals surface area contributed by atoms with Gasteiger partial charge in [0.15, 0.2) is 5.69 Å². The molecule has 0 spiro atoms. The molecular formula is C16H14F4N6O2. The molecule has 2 aromatic heterocycles. The first-order valence-electron chi connectivity index (χ1n) is 7.90. The van der Waals surface area contributed by atoms with E-state index in [1.807, 2.05) is 0 Å². The molecule has 148 valence electrons. The van der Waals surface area contributed by atoms with Gasteiger partial charge in [0.25, 0.3) is 11.8 Å². The minimum absolute atomic E-state index is 0.0714. The van der Waals surface area contributed by atoms with E-state index in [1.54, 1.807) is 6.07 Å². The maximum Gasteiger partial charge on any atom is 0.435 e. The van der Waals surface area contributed by atoms with Crippen LogP contribution >= 0.6 is 0 Å². The van der Waals surface area contributed by atoms with Gasteiger partial charge in [-0.1, -0.05) is 17.3 Å². The summed E-state index contributed by atoms with van der Waals surface area (Å²) in [4.78, 5) is 16.4. The number of carbonyl (C=O) groups is 1. The number of aryl methyl sites for hydroxylation is 1. The second kappa shape index (κ2) is 7.38. The Hall–Kier alpha value is -3.28. The minimum atomic E-state index is -4.68. The first-order chi connectivity index (χ1) is 13.2. The molecule has 0 aliphatic carbocycles. The number of amides is 1. The van der Waals surface area contributed by atoms with Gasteiger partial charge in [-0.3, -0.25) is 9.48 Å². The lowest BCUT2D eigenvalue weighted by molar-refractivity contribution is -0.141. The lowest BCUT2D eigenvalue weighted by atomic mass is 10.2. The number of aromatic nitrogens is 4. The highest BCUT2D eigenvalue weighted by atomic mass is 19.4. The number of nitrogens with zero attached hydrogens (tertiary/aromatic N) is 4. The van der Waals surface area contributed by atoms with Crippen molar-refractivity contribution in [3.63, 3.8) is 0 Å². The van der Waals surface area contributed by atoms with Gasteiger partial charge < -0.3 is 15.6 Å². The Morgan fingerprint density at radius 1 is 1.36 bits per heavy atom. The molecule has 0 aliphatic heterocycles. The van der Waals surface area contributed by atoms with Crippen LogP contribution in [-0.4, -0.2) is 32.4 Å². The second-order valence-electron chi connectivity index (χ2n) is 5.76. The van der Waals surface area contributed by atoms with Gasteiger partial charge >= 0.3 is 6.18 Å². The number of carbonyl (C=O) groups excluding carboxylic acids is 1. The zero-order valence-electron chi connectivity index (χ0n) is 14.4. The molecule has 1 unspecified atom stereocenters. The zero-order chi connectivity index (χ0) is 20.5. The molecule has 0 aliphatic rings. The summed E-state index contributed by atoms with van der Waals surface area (Å²) < 4.78 is 57.4. The topological polar surface area (TPSA) is 112 Å². The van der Waals surface area contributed by atoms with Crippen molar-refractivity contribution in [2.45, 2.75) is 12.2 Å². The van der Waals surface area contributed by atoms with Crippen molar-refractivity contribution >= 4 is 5.91 Å². The van der Waals surface area contributed by atoms with Crippen molar-refractivity contribution in [3.05, 3.63) is 53.4 Å². The third kappa shape index (κ3) is 4.01. The summed E-state index contributed by atoms with van der Waals surface area (Å²) >= 11 is 0.